The summed E-state index contributed by atoms with van der Waals surface area (Å²) in [7, 11) is 0. The van der Waals surface area contributed by atoms with Gasteiger partial charge >= 0.3 is 6.09 Å². The number of aliphatic hydroxyl groups is 1. The van der Waals surface area contributed by atoms with Crippen LogP contribution in [0.2, 0.25) is 0 Å². The van der Waals surface area contributed by atoms with E-state index in [1.807, 2.05) is 20.8 Å². The minimum atomic E-state index is -0.571. The second-order valence-corrected chi connectivity index (χ2v) is 6.66. The number of hydrogen-bond acceptors (Lipinski definition) is 3. The van der Waals surface area contributed by atoms with Gasteiger partial charge in [0.1, 0.15) is 11.4 Å². The maximum atomic E-state index is 13.1. The van der Waals surface area contributed by atoms with Crippen molar-refractivity contribution in [1.82, 2.24) is 4.90 Å². The van der Waals surface area contributed by atoms with E-state index in [-0.39, 0.29) is 24.6 Å². The molecule has 126 valence electrons. The summed E-state index contributed by atoms with van der Waals surface area (Å²) in [5.74, 6) is -0.298. The van der Waals surface area contributed by atoms with Gasteiger partial charge in [-0.1, -0.05) is 18.2 Å². The lowest BCUT2D eigenvalue weighted by Gasteiger charge is -2.37. The van der Waals surface area contributed by atoms with Gasteiger partial charge in [0.05, 0.1) is 6.04 Å². The lowest BCUT2D eigenvalue weighted by atomic mass is 9.91. The van der Waals surface area contributed by atoms with E-state index in [1.54, 1.807) is 17.0 Å². The quantitative estimate of drug-likeness (QED) is 0.925. The first kappa shape index (κ1) is 17.5. The highest BCUT2D eigenvalue weighted by atomic mass is 19.1. The molecule has 1 aliphatic rings. The average molecular weight is 321 g/mol. The van der Waals surface area contributed by atoms with Crippen molar-refractivity contribution in [3.63, 3.8) is 0 Å². The van der Waals surface area contributed by atoms with E-state index in [4.69, 9.17) is 4.74 Å². The Bertz CT molecular complexity index is 575. The van der Waals surface area contributed by atoms with Crippen LogP contribution in [0.15, 0.2) is 30.3 Å². The molecule has 1 unspecified atom stereocenters. The highest BCUT2D eigenvalue weighted by Crippen LogP contribution is 2.30. The average Bonchev–Trinajstić information content (AvgIpc) is 2.47. The number of rotatable bonds is 3. The summed E-state index contributed by atoms with van der Waals surface area (Å²) in [6.07, 6.45) is 2.79. The number of hydrogen-bond donors (Lipinski definition) is 1. The molecule has 5 heteroatoms. The molecule has 0 radical (unpaired) electrons. The standard InChI is InChI=1S/C18H24FNO3/c1-18(2,3)23-17(22)20-11-4-5-15(16(20)10-12-21)13-6-8-14(19)9-7-13/h5-9,16,21H,4,10-12H2,1-3H3. The van der Waals surface area contributed by atoms with E-state index in [2.05, 4.69) is 6.08 Å². The van der Waals surface area contributed by atoms with Crippen molar-refractivity contribution >= 4 is 11.7 Å². The van der Waals surface area contributed by atoms with Crippen LogP contribution in [0.4, 0.5) is 9.18 Å². The molecular weight excluding hydrogens is 297 g/mol. The van der Waals surface area contributed by atoms with Crippen LogP contribution >= 0.6 is 0 Å². The molecule has 0 aromatic heterocycles. The SMILES string of the molecule is CC(C)(C)OC(=O)N1CCC=C(c2ccc(F)cc2)C1CCO. The van der Waals surface area contributed by atoms with Crippen molar-refractivity contribution in [2.75, 3.05) is 13.2 Å². The number of ether oxygens (including phenoxy) is 1. The van der Waals surface area contributed by atoms with Gasteiger partial charge in [-0.15, -0.1) is 0 Å². The molecule has 1 heterocycles. The summed E-state index contributed by atoms with van der Waals surface area (Å²) < 4.78 is 18.6. The van der Waals surface area contributed by atoms with E-state index in [9.17, 15) is 14.3 Å². The molecule has 0 saturated heterocycles. The van der Waals surface area contributed by atoms with Crippen molar-refractivity contribution < 1.29 is 19.0 Å². The fourth-order valence-electron chi connectivity index (χ4n) is 2.74. The third kappa shape index (κ3) is 4.55. The number of nitrogens with zero attached hydrogens (tertiary/aromatic N) is 1. The summed E-state index contributed by atoms with van der Waals surface area (Å²) in [5, 5.41) is 9.39. The molecule has 1 aromatic rings. The zero-order valence-electron chi connectivity index (χ0n) is 13.9. The fraction of sp³-hybridized carbons (Fsp3) is 0.500. The minimum Gasteiger partial charge on any atom is -0.444 e. The van der Waals surface area contributed by atoms with Gasteiger partial charge in [0.25, 0.3) is 0 Å². The van der Waals surface area contributed by atoms with Gasteiger partial charge in [0, 0.05) is 13.2 Å². The van der Waals surface area contributed by atoms with Crippen LogP contribution in [0.1, 0.15) is 39.2 Å². The molecule has 1 aromatic carbocycles. The van der Waals surface area contributed by atoms with Crippen LogP contribution in [-0.2, 0) is 4.74 Å². The molecule has 0 spiro atoms. The number of carbonyl (C=O) groups excluding carboxylic acids is 1. The fourth-order valence-corrected chi connectivity index (χ4v) is 2.74. The Labute approximate surface area is 136 Å². The smallest absolute Gasteiger partial charge is 0.410 e. The molecule has 0 bridgehead atoms. The van der Waals surface area contributed by atoms with Crippen molar-refractivity contribution in [2.45, 2.75) is 45.3 Å². The molecule has 0 saturated carbocycles. The number of aliphatic hydroxyl groups excluding tert-OH is 1. The molecule has 0 fully saturated rings. The Morgan fingerprint density at radius 3 is 2.57 bits per heavy atom. The van der Waals surface area contributed by atoms with Gasteiger partial charge < -0.3 is 14.7 Å². The van der Waals surface area contributed by atoms with Crippen LogP contribution in [0, 0.1) is 5.82 Å². The van der Waals surface area contributed by atoms with Crippen LogP contribution in [-0.4, -0.2) is 40.9 Å². The topological polar surface area (TPSA) is 49.8 Å². The van der Waals surface area contributed by atoms with E-state index in [0.29, 0.717) is 19.4 Å². The first-order valence-corrected chi connectivity index (χ1v) is 7.88. The van der Waals surface area contributed by atoms with Crippen LogP contribution in [0.3, 0.4) is 0 Å². The number of carbonyl (C=O) groups is 1. The Kier molecular flexibility index (Phi) is 5.42. The second kappa shape index (κ2) is 7.13. The van der Waals surface area contributed by atoms with Crippen molar-refractivity contribution in [3.05, 3.63) is 41.7 Å². The predicted molar refractivity (Wildman–Crippen MR) is 87.4 cm³/mol. The Morgan fingerprint density at radius 2 is 2.00 bits per heavy atom. The van der Waals surface area contributed by atoms with Gasteiger partial charge in [-0.2, -0.15) is 0 Å². The molecule has 1 atom stereocenters. The lowest BCUT2D eigenvalue weighted by molar-refractivity contribution is 0.0184. The maximum Gasteiger partial charge on any atom is 0.410 e. The highest BCUT2D eigenvalue weighted by Gasteiger charge is 2.32. The van der Waals surface area contributed by atoms with E-state index in [1.165, 1.54) is 12.1 Å². The normalized spacial score (nSPS) is 18.6. The number of halogens is 1. The van der Waals surface area contributed by atoms with E-state index >= 15 is 0 Å². The van der Waals surface area contributed by atoms with Gasteiger partial charge in [-0.3, -0.25) is 0 Å². The Hall–Kier alpha value is -1.88. The number of benzene rings is 1. The lowest BCUT2D eigenvalue weighted by Crippen LogP contribution is -2.46. The summed E-state index contributed by atoms with van der Waals surface area (Å²) >= 11 is 0. The van der Waals surface area contributed by atoms with Gasteiger partial charge in [-0.25, -0.2) is 9.18 Å². The van der Waals surface area contributed by atoms with E-state index in [0.717, 1.165) is 11.1 Å². The van der Waals surface area contributed by atoms with Crippen molar-refractivity contribution in [3.8, 4) is 0 Å². The molecule has 1 amide bonds. The molecule has 23 heavy (non-hydrogen) atoms. The van der Waals surface area contributed by atoms with Crippen molar-refractivity contribution in [1.29, 1.82) is 0 Å². The third-order valence-corrected chi connectivity index (χ3v) is 3.68. The maximum absolute atomic E-state index is 13.1. The molecule has 4 nitrogen and oxygen atoms in total. The summed E-state index contributed by atoms with van der Waals surface area (Å²) in [5.41, 5.74) is 1.21. The zero-order valence-corrected chi connectivity index (χ0v) is 13.9. The Morgan fingerprint density at radius 1 is 1.35 bits per heavy atom. The Balaban J connectivity index is 2.27. The summed E-state index contributed by atoms with van der Waals surface area (Å²) in [4.78, 5) is 14.1. The predicted octanol–water partition coefficient (Wildman–Crippen LogP) is 3.60. The summed E-state index contributed by atoms with van der Waals surface area (Å²) in [6, 6.07) is 5.93. The molecule has 0 aliphatic carbocycles. The van der Waals surface area contributed by atoms with Crippen molar-refractivity contribution in [2.24, 2.45) is 0 Å². The first-order valence-electron chi connectivity index (χ1n) is 7.88. The molecule has 2 rings (SSSR count). The minimum absolute atomic E-state index is 0.0392. The highest BCUT2D eigenvalue weighted by molar-refractivity contribution is 5.77. The first-order chi connectivity index (χ1) is 10.8. The second-order valence-electron chi connectivity index (χ2n) is 6.66. The molecular formula is C18H24FNO3. The van der Waals surface area contributed by atoms with Gasteiger partial charge in [0.2, 0.25) is 0 Å². The van der Waals surface area contributed by atoms with Gasteiger partial charge in [0.15, 0.2) is 0 Å². The largest absolute Gasteiger partial charge is 0.444 e. The monoisotopic (exact) mass is 321 g/mol. The zero-order chi connectivity index (χ0) is 17.0. The van der Waals surface area contributed by atoms with Crippen LogP contribution < -0.4 is 0 Å². The van der Waals surface area contributed by atoms with Crippen LogP contribution in [0.5, 0.6) is 0 Å². The molecule has 1 N–H and O–H groups in total. The number of amides is 1. The van der Waals surface area contributed by atoms with Gasteiger partial charge in [-0.05, 0) is 56.9 Å². The third-order valence-electron chi connectivity index (χ3n) is 3.68. The van der Waals surface area contributed by atoms with Crippen LogP contribution in [0.25, 0.3) is 5.57 Å². The molecule has 1 aliphatic heterocycles. The summed E-state index contributed by atoms with van der Waals surface area (Å²) in [6.45, 7) is 5.98. The van der Waals surface area contributed by atoms with E-state index < -0.39 is 5.60 Å².